The van der Waals surface area contributed by atoms with Gasteiger partial charge in [-0.05, 0) is 31.0 Å². The van der Waals surface area contributed by atoms with E-state index in [-0.39, 0.29) is 35.0 Å². The van der Waals surface area contributed by atoms with Gasteiger partial charge in [0.15, 0.2) is 0 Å². The number of aryl methyl sites for hydroxylation is 2. The number of fused-ring (bicyclic) bond motifs is 1. The fourth-order valence-corrected chi connectivity index (χ4v) is 5.46. The van der Waals surface area contributed by atoms with Crippen LogP contribution in [0.15, 0.2) is 48.8 Å². The number of carbonyl (C=O) groups excluding carboxylic acids is 2. The molecule has 204 valence electrons. The number of rotatable bonds is 6. The standard InChI is InChI=1S/C27H27ClF2N6O3/c1-15-23(35(3)33-25(15)39-27(29)30)24(37)32-20-9-10-36(13-18(20)16-7-5-4-6-8-16)26(38)17-11-19(28)22-21(12-17)34(2)14-31-22/h4-8,11-12,14,18,20,27H,9-10,13H2,1-3H3,(H,32,37)/t18-,20-/m1/s1. The maximum Gasteiger partial charge on any atom is 0.388 e. The van der Waals surface area contributed by atoms with E-state index in [0.29, 0.717) is 35.6 Å². The van der Waals surface area contributed by atoms with Crippen LogP contribution < -0.4 is 10.1 Å². The highest BCUT2D eigenvalue weighted by molar-refractivity contribution is 6.35. The molecule has 5 rings (SSSR count). The summed E-state index contributed by atoms with van der Waals surface area (Å²) in [7, 11) is 3.34. The van der Waals surface area contributed by atoms with Crippen molar-refractivity contribution in [3.05, 3.63) is 76.2 Å². The number of hydrogen-bond donors (Lipinski definition) is 1. The average molecular weight is 557 g/mol. The predicted octanol–water partition coefficient (Wildman–Crippen LogP) is 4.30. The van der Waals surface area contributed by atoms with E-state index in [0.717, 1.165) is 11.1 Å². The first-order valence-corrected chi connectivity index (χ1v) is 12.8. The number of nitrogens with zero attached hydrogens (tertiary/aromatic N) is 5. The van der Waals surface area contributed by atoms with Gasteiger partial charge in [0, 0.05) is 50.3 Å². The number of hydrogen-bond acceptors (Lipinski definition) is 5. The Bertz CT molecular complexity index is 1540. The third-order valence-electron chi connectivity index (χ3n) is 7.13. The molecule has 4 aromatic rings. The zero-order valence-corrected chi connectivity index (χ0v) is 22.3. The molecule has 2 amide bonds. The maximum absolute atomic E-state index is 13.6. The van der Waals surface area contributed by atoms with Crippen LogP contribution in [-0.2, 0) is 14.1 Å². The summed E-state index contributed by atoms with van der Waals surface area (Å²) in [6.45, 7) is -0.774. The average Bonchev–Trinajstić information content (AvgIpc) is 3.42. The van der Waals surface area contributed by atoms with Crippen LogP contribution >= 0.6 is 11.6 Å². The molecule has 12 heteroatoms. The normalized spacial score (nSPS) is 17.6. The van der Waals surface area contributed by atoms with Crippen molar-refractivity contribution in [1.29, 1.82) is 0 Å². The number of alkyl halides is 2. The van der Waals surface area contributed by atoms with Crippen molar-refractivity contribution in [2.24, 2.45) is 14.1 Å². The van der Waals surface area contributed by atoms with E-state index in [4.69, 9.17) is 11.6 Å². The van der Waals surface area contributed by atoms with Crippen molar-refractivity contribution in [2.45, 2.75) is 31.9 Å². The van der Waals surface area contributed by atoms with Gasteiger partial charge in [0.2, 0.25) is 5.88 Å². The van der Waals surface area contributed by atoms with Gasteiger partial charge in [-0.3, -0.25) is 14.3 Å². The van der Waals surface area contributed by atoms with E-state index in [9.17, 15) is 18.4 Å². The van der Waals surface area contributed by atoms with E-state index in [1.54, 1.807) is 23.4 Å². The van der Waals surface area contributed by atoms with Crippen LogP contribution in [0.5, 0.6) is 5.88 Å². The van der Waals surface area contributed by atoms with Crippen molar-refractivity contribution in [3.63, 3.8) is 0 Å². The predicted molar refractivity (Wildman–Crippen MR) is 141 cm³/mol. The SMILES string of the molecule is Cc1c(OC(F)F)nn(C)c1C(=O)N[C@@H]1CCN(C(=O)c2cc(Cl)c3ncn(C)c3c2)C[C@@H]1c1ccccc1. The summed E-state index contributed by atoms with van der Waals surface area (Å²) < 4.78 is 33.0. The lowest BCUT2D eigenvalue weighted by Crippen LogP contribution is -2.51. The first kappa shape index (κ1) is 26.6. The summed E-state index contributed by atoms with van der Waals surface area (Å²) in [5.74, 6) is -1.12. The number of piperidine rings is 1. The van der Waals surface area contributed by atoms with Crippen LogP contribution in [0, 0.1) is 6.92 Å². The number of amides is 2. The summed E-state index contributed by atoms with van der Waals surface area (Å²) in [4.78, 5) is 33.0. The van der Waals surface area contributed by atoms with Crippen LogP contribution in [0.1, 0.15) is 44.3 Å². The van der Waals surface area contributed by atoms with Gasteiger partial charge in [0.05, 0.1) is 16.9 Å². The fourth-order valence-electron chi connectivity index (χ4n) is 5.20. The second kappa shape index (κ2) is 10.6. The smallest absolute Gasteiger partial charge is 0.388 e. The van der Waals surface area contributed by atoms with Gasteiger partial charge in [0.1, 0.15) is 11.2 Å². The molecule has 2 atom stereocenters. The summed E-state index contributed by atoms with van der Waals surface area (Å²) in [5, 5.41) is 7.38. The van der Waals surface area contributed by atoms with Gasteiger partial charge in [0.25, 0.3) is 11.8 Å². The van der Waals surface area contributed by atoms with Crippen LogP contribution in [0.4, 0.5) is 8.78 Å². The van der Waals surface area contributed by atoms with Gasteiger partial charge in [-0.1, -0.05) is 41.9 Å². The molecule has 1 aliphatic rings. The third kappa shape index (κ3) is 5.18. The molecule has 1 saturated heterocycles. The Kier molecular flexibility index (Phi) is 7.26. The maximum atomic E-state index is 13.6. The number of imidazole rings is 1. The van der Waals surface area contributed by atoms with E-state index in [1.165, 1.54) is 18.7 Å². The number of halogens is 3. The highest BCUT2D eigenvalue weighted by Crippen LogP contribution is 2.31. The van der Waals surface area contributed by atoms with Gasteiger partial charge in [-0.2, -0.15) is 8.78 Å². The monoisotopic (exact) mass is 556 g/mol. The lowest BCUT2D eigenvalue weighted by Gasteiger charge is -2.39. The van der Waals surface area contributed by atoms with Gasteiger partial charge >= 0.3 is 6.61 Å². The minimum atomic E-state index is -3.05. The van der Waals surface area contributed by atoms with E-state index < -0.39 is 12.5 Å². The lowest BCUT2D eigenvalue weighted by molar-refractivity contribution is -0.0535. The van der Waals surface area contributed by atoms with Crippen molar-refractivity contribution in [2.75, 3.05) is 13.1 Å². The summed E-state index contributed by atoms with van der Waals surface area (Å²) in [6, 6.07) is 12.7. The second-order valence-electron chi connectivity index (χ2n) is 9.60. The van der Waals surface area contributed by atoms with E-state index in [2.05, 4.69) is 20.1 Å². The zero-order valence-electron chi connectivity index (χ0n) is 21.6. The van der Waals surface area contributed by atoms with E-state index in [1.807, 2.05) is 41.9 Å². The Hall–Kier alpha value is -3.99. The number of nitrogens with one attached hydrogen (secondary N) is 1. The molecule has 0 radical (unpaired) electrons. The molecular weight excluding hydrogens is 530 g/mol. The number of benzene rings is 2. The molecule has 0 saturated carbocycles. The van der Waals surface area contributed by atoms with Crippen LogP contribution in [-0.4, -0.2) is 61.8 Å². The summed E-state index contributed by atoms with van der Waals surface area (Å²) >= 11 is 6.43. The number of carbonyl (C=O) groups is 2. The summed E-state index contributed by atoms with van der Waals surface area (Å²) in [5.41, 5.74) is 3.17. The number of likely N-dealkylation sites (tertiary alicyclic amines) is 1. The van der Waals surface area contributed by atoms with Crippen LogP contribution in [0.25, 0.3) is 11.0 Å². The topological polar surface area (TPSA) is 94.3 Å². The van der Waals surface area contributed by atoms with Crippen molar-refractivity contribution >= 4 is 34.4 Å². The minimum absolute atomic E-state index is 0.134. The molecule has 1 fully saturated rings. The molecule has 1 aliphatic heterocycles. The van der Waals surface area contributed by atoms with Gasteiger partial charge < -0.3 is 19.5 Å². The highest BCUT2D eigenvalue weighted by Gasteiger charge is 2.35. The van der Waals surface area contributed by atoms with Crippen LogP contribution in [0.2, 0.25) is 5.02 Å². The molecule has 0 unspecified atom stereocenters. The van der Waals surface area contributed by atoms with E-state index >= 15 is 0 Å². The molecule has 39 heavy (non-hydrogen) atoms. The van der Waals surface area contributed by atoms with Gasteiger partial charge in [-0.25, -0.2) is 4.98 Å². The molecule has 9 nitrogen and oxygen atoms in total. The van der Waals surface area contributed by atoms with Crippen molar-refractivity contribution in [3.8, 4) is 5.88 Å². The molecule has 3 heterocycles. The largest absolute Gasteiger partial charge is 0.415 e. The fraction of sp³-hybridized carbons (Fsp3) is 0.333. The first-order chi connectivity index (χ1) is 18.6. The van der Waals surface area contributed by atoms with Crippen molar-refractivity contribution in [1.82, 2.24) is 29.5 Å². The van der Waals surface area contributed by atoms with Crippen molar-refractivity contribution < 1.29 is 23.1 Å². The molecule has 1 N–H and O–H groups in total. The zero-order chi connectivity index (χ0) is 27.8. The van der Waals surface area contributed by atoms with Gasteiger partial charge in [-0.15, -0.1) is 5.10 Å². The Balaban J connectivity index is 1.40. The quantitative estimate of drug-likeness (QED) is 0.382. The molecule has 2 aromatic carbocycles. The Morgan fingerprint density at radius 1 is 1.18 bits per heavy atom. The van der Waals surface area contributed by atoms with Crippen LogP contribution in [0.3, 0.4) is 0 Å². The number of aromatic nitrogens is 4. The lowest BCUT2D eigenvalue weighted by atomic mass is 9.85. The summed E-state index contributed by atoms with van der Waals surface area (Å²) in [6.07, 6.45) is 2.13. The molecular formula is C27H27ClF2N6O3. The first-order valence-electron chi connectivity index (χ1n) is 12.4. The number of ether oxygens (including phenoxy) is 1. The second-order valence-corrected chi connectivity index (χ2v) is 10.0. The highest BCUT2D eigenvalue weighted by atomic mass is 35.5. The molecule has 0 spiro atoms. The molecule has 0 bridgehead atoms. The third-order valence-corrected chi connectivity index (χ3v) is 7.42. The molecule has 0 aliphatic carbocycles. The molecule has 2 aromatic heterocycles. The Labute approximate surface area is 228 Å². The minimum Gasteiger partial charge on any atom is -0.415 e. The Morgan fingerprint density at radius 3 is 2.64 bits per heavy atom. The Morgan fingerprint density at radius 2 is 1.92 bits per heavy atom.